The zero-order chi connectivity index (χ0) is 15.1. The maximum Gasteiger partial charge on any atom is 0.323 e. The maximum absolute atomic E-state index is 12.5. The monoisotopic (exact) mass is 307 g/mol. The second-order valence-corrected chi connectivity index (χ2v) is 6.50. The highest BCUT2D eigenvalue weighted by Crippen LogP contribution is 2.24. The van der Waals surface area contributed by atoms with Crippen molar-refractivity contribution in [3.63, 3.8) is 0 Å². The molecule has 1 saturated heterocycles. The molecule has 0 saturated carbocycles. The molecule has 1 heterocycles. The van der Waals surface area contributed by atoms with Crippen LogP contribution in [-0.4, -0.2) is 46.5 Å². The molecular weight excluding hydrogens is 286 g/mol. The summed E-state index contributed by atoms with van der Waals surface area (Å²) >= 11 is 1.86. The molecule has 1 aromatic rings. The average Bonchev–Trinajstić information content (AvgIpc) is 2.52. The Labute approximate surface area is 129 Å². The van der Waals surface area contributed by atoms with Gasteiger partial charge in [0.1, 0.15) is 6.54 Å². The van der Waals surface area contributed by atoms with Crippen molar-refractivity contribution in [1.82, 2.24) is 4.90 Å². The van der Waals surface area contributed by atoms with Gasteiger partial charge in [0.15, 0.2) is 0 Å². The summed E-state index contributed by atoms with van der Waals surface area (Å²) in [5, 5.41) is 9.03. The van der Waals surface area contributed by atoms with Gasteiger partial charge in [-0.25, -0.2) is 0 Å². The smallest absolute Gasteiger partial charge is 0.323 e. The fourth-order valence-electron chi connectivity index (χ4n) is 2.54. The van der Waals surface area contributed by atoms with E-state index in [9.17, 15) is 9.59 Å². The Kier molecular flexibility index (Phi) is 6.11. The number of thioether (sulfide) groups is 1. The van der Waals surface area contributed by atoms with Gasteiger partial charge in [0.2, 0.25) is 5.91 Å². The van der Waals surface area contributed by atoms with Gasteiger partial charge in [-0.05, 0) is 36.3 Å². The highest BCUT2D eigenvalue weighted by molar-refractivity contribution is 7.99. The number of amides is 1. The quantitative estimate of drug-likeness (QED) is 0.876. The molecule has 1 aliphatic rings. The minimum atomic E-state index is -0.943. The average molecular weight is 307 g/mol. The van der Waals surface area contributed by atoms with E-state index in [1.165, 1.54) is 4.90 Å². The van der Waals surface area contributed by atoms with Crippen molar-refractivity contribution in [3.05, 3.63) is 35.9 Å². The van der Waals surface area contributed by atoms with Crippen molar-refractivity contribution in [1.29, 1.82) is 0 Å². The number of rotatable bonds is 6. The summed E-state index contributed by atoms with van der Waals surface area (Å²) in [6, 6.07) is 9.86. The zero-order valence-electron chi connectivity index (χ0n) is 12.0. The van der Waals surface area contributed by atoms with Gasteiger partial charge in [0.25, 0.3) is 0 Å². The van der Waals surface area contributed by atoms with Crippen LogP contribution < -0.4 is 0 Å². The molecule has 0 unspecified atom stereocenters. The van der Waals surface area contributed by atoms with E-state index in [1.54, 1.807) is 0 Å². The van der Waals surface area contributed by atoms with E-state index >= 15 is 0 Å². The molecule has 5 heteroatoms. The number of aliphatic carboxylic acids is 1. The van der Waals surface area contributed by atoms with Crippen LogP contribution in [-0.2, 0) is 16.0 Å². The van der Waals surface area contributed by atoms with Gasteiger partial charge < -0.3 is 10.0 Å². The molecule has 0 radical (unpaired) electrons. The van der Waals surface area contributed by atoms with Gasteiger partial charge >= 0.3 is 5.97 Å². The van der Waals surface area contributed by atoms with E-state index in [1.807, 2.05) is 42.1 Å². The van der Waals surface area contributed by atoms with E-state index in [4.69, 9.17) is 5.11 Å². The Morgan fingerprint density at radius 1 is 1.19 bits per heavy atom. The van der Waals surface area contributed by atoms with Crippen LogP contribution in [0.15, 0.2) is 30.3 Å². The summed E-state index contributed by atoms with van der Waals surface area (Å²) in [7, 11) is 0. The van der Waals surface area contributed by atoms with Gasteiger partial charge in [-0.15, -0.1) is 0 Å². The summed E-state index contributed by atoms with van der Waals surface area (Å²) in [6.07, 6.45) is 2.43. The first-order valence-corrected chi connectivity index (χ1v) is 8.44. The van der Waals surface area contributed by atoms with Crippen molar-refractivity contribution in [2.45, 2.75) is 19.3 Å². The number of benzene rings is 1. The molecule has 1 N–H and O–H groups in total. The van der Waals surface area contributed by atoms with Crippen LogP contribution in [0.2, 0.25) is 0 Å². The lowest BCUT2D eigenvalue weighted by Crippen LogP contribution is -2.41. The summed E-state index contributed by atoms with van der Waals surface area (Å²) in [5.74, 6) is 1.06. The fourth-order valence-corrected chi connectivity index (χ4v) is 3.65. The highest BCUT2D eigenvalue weighted by atomic mass is 32.2. The van der Waals surface area contributed by atoms with Crippen molar-refractivity contribution < 1.29 is 14.7 Å². The van der Waals surface area contributed by atoms with E-state index in [0.717, 1.165) is 29.9 Å². The largest absolute Gasteiger partial charge is 0.480 e. The van der Waals surface area contributed by atoms with Crippen LogP contribution in [0.4, 0.5) is 0 Å². The molecule has 0 aliphatic carbocycles. The summed E-state index contributed by atoms with van der Waals surface area (Å²) in [4.78, 5) is 25.0. The number of hydrogen-bond donors (Lipinski definition) is 1. The minimum absolute atomic E-state index is 0.00127. The number of carbonyl (C=O) groups is 2. The minimum Gasteiger partial charge on any atom is -0.480 e. The fraction of sp³-hybridized carbons (Fsp3) is 0.500. The first-order valence-electron chi connectivity index (χ1n) is 7.29. The first-order chi connectivity index (χ1) is 10.2. The SMILES string of the molecule is O=C(O)CN(CCc1ccccc1)C(=O)C1CCSCC1. The van der Waals surface area contributed by atoms with Gasteiger partial charge in [0, 0.05) is 12.5 Å². The van der Waals surface area contributed by atoms with E-state index in [0.29, 0.717) is 13.0 Å². The number of nitrogens with zero attached hydrogens (tertiary/aromatic N) is 1. The van der Waals surface area contributed by atoms with E-state index in [2.05, 4.69) is 0 Å². The van der Waals surface area contributed by atoms with Gasteiger partial charge in [-0.1, -0.05) is 30.3 Å². The van der Waals surface area contributed by atoms with Crippen LogP contribution in [0.25, 0.3) is 0 Å². The second kappa shape index (κ2) is 8.08. The molecule has 0 atom stereocenters. The molecule has 2 rings (SSSR count). The van der Waals surface area contributed by atoms with Crippen LogP contribution in [0.1, 0.15) is 18.4 Å². The van der Waals surface area contributed by atoms with Crippen molar-refractivity contribution in [2.24, 2.45) is 5.92 Å². The first kappa shape index (κ1) is 15.9. The van der Waals surface area contributed by atoms with Crippen molar-refractivity contribution >= 4 is 23.6 Å². The molecule has 0 spiro atoms. The molecule has 1 aliphatic heterocycles. The molecule has 114 valence electrons. The third kappa shape index (κ3) is 5.08. The highest BCUT2D eigenvalue weighted by Gasteiger charge is 2.27. The summed E-state index contributed by atoms with van der Waals surface area (Å²) in [5.41, 5.74) is 1.12. The van der Waals surface area contributed by atoms with Gasteiger partial charge in [0.05, 0.1) is 0 Å². The third-order valence-electron chi connectivity index (χ3n) is 3.72. The van der Waals surface area contributed by atoms with Crippen molar-refractivity contribution in [3.8, 4) is 0 Å². The van der Waals surface area contributed by atoms with E-state index in [-0.39, 0.29) is 18.4 Å². The lowest BCUT2D eigenvalue weighted by atomic mass is 10.0. The van der Waals surface area contributed by atoms with Gasteiger partial charge in [-0.3, -0.25) is 9.59 Å². The summed E-state index contributed by atoms with van der Waals surface area (Å²) < 4.78 is 0. The van der Waals surface area contributed by atoms with Gasteiger partial charge in [-0.2, -0.15) is 11.8 Å². The number of carboxylic acids is 1. The molecule has 1 amide bonds. The van der Waals surface area contributed by atoms with Crippen molar-refractivity contribution in [2.75, 3.05) is 24.6 Å². The van der Waals surface area contributed by atoms with Crippen LogP contribution in [0, 0.1) is 5.92 Å². The Balaban J connectivity index is 1.96. The molecule has 0 aromatic heterocycles. The predicted octanol–water partition coefficient (Wildman–Crippen LogP) is 2.29. The zero-order valence-corrected chi connectivity index (χ0v) is 12.8. The standard InChI is InChI=1S/C16H21NO3S/c18-15(19)12-17(9-6-13-4-2-1-3-5-13)16(20)14-7-10-21-11-8-14/h1-5,14H,6-12H2,(H,18,19). The number of hydrogen-bond acceptors (Lipinski definition) is 3. The molecular formula is C16H21NO3S. The Morgan fingerprint density at radius 3 is 2.48 bits per heavy atom. The molecule has 1 aromatic carbocycles. The Hall–Kier alpha value is -1.49. The molecule has 0 bridgehead atoms. The number of carbonyl (C=O) groups excluding carboxylic acids is 1. The normalized spacial score (nSPS) is 15.6. The predicted molar refractivity (Wildman–Crippen MR) is 84.4 cm³/mol. The molecule has 21 heavy (non-hydrogen) atoms. The Morgan fingerprint density at radius 2 is 1.86 bits per heavy atom. The number of carboxylic acid groups (broad SMARTS) is 1. The maximum atomic E-state index is 12.5. The third-order valence-corrected chi connectivity index (χ3v) is 4.77. The lowest BCUT2D eigenvalue weighted by molar-refractivity contribution is -0.146. The second-order valence-electron chi connectivity index (χ2n) is 5.28. The van der Waals surface area contributed by atoms with E-state index < -0.39 is 5.97 Å². The van der Waals surface area contributed by atoms with Crippen LogP contribution in [0.5, 0.6) is 0 Å². The summed E-state index contributed by atoms with van der Waals surface area (Å²) in [6.45, 7) is 0.272. The van der Waals surface area contributed by atoms with Crippen LogP contribution in [0.3, 0.4) is 0 Å². The van der Waals surface area contributed by atoms with Crippen LogP contribution >= 0.6 is 11.8 Å². The molecule has 4 nitrogen and oxygen atoms in total. The topological polar surface area (TPSA) is 57.6 Å². The lowest BCUT2D eigenvalue weighted by Gasteiger charge is -2.28. The Bertz CT molecular complexity index is 472. The molecule has 1 fully saturated rings.